The summed E-state index contributed by atoms with van der Waals surface area (Å²) >= 11 is 5.92. The van der Waals surface area contributed by atoms with Crippen molar-refractivity contribution >= 4 is 40.4 Å². The van der Waals surface area contributed by atoms with Gasteiger partial charge in [0.2, 0.25) is 12.7 Å². The first kappa shape index (κ1) is 28.7. The average Bonchev–Trinajstić information content (AvgIpc) is 3.51. The molecule has 0 atom stereocenters. The Morgan fingerprint density at radius 1 is 0.909 bits per heavy atom. The highest BCUT2D eigenvalue weighted by Gasteiger charge is 2.20. The lowest BCUT2D eigenvalue weighted by Gasteiger charge is -2.24. The van der Waals surface area contributed by atoms with E-state index in [0.29, 0.717) is 24.6 Å². The molecule has 0 unspecified atom stereocenters. The molecule has 220 valence electrons. The summed E-state index contributed by atoms with van der Waals surface area (Å²) in [5.74, 6) is 0.757. The van der Waals surface area contributed by atoms with Crippen LogP contribution in [0.3, 0.4) is 0 Å². The number of hydrogen-bond donors (Lipinski definition) is 2. The highest BCUT2D eigenvalue weighted by molar-refractivity contribution is 6.32. The molecule has 4 aromatic carbocycles. The highest BCUT2D eigenvalue weighted by Crippen LogP contribution is 2.33. The van der Waals surface area contributed by atoms with Crippen molar-refractivity contribution in [3.05, 3.63) is 130 Å². The predicted octanol–water partition coefficient (Wildman–Crippen LogP) is 5.86. The maximum atomic E-state index is 13.9. The van der Waals surface area contributed by atoms with E-state index in [0.717, 1.165) is 33.0 Å². The first-order valence-corrected chi connectivity index (χ1v) is 14.2. The number of fused-ring (bicyclic) bond motifs is 2. The summed E-state index contributed by atoms with van der Waals surface area (Å²) in [5, 5.41) is 15.6. The molecule has 5 aromatic rings. The summed E-state index contributed by atoms with van der Waals surface area (Å²) in [4.78, 5) is 32.3. The van der Waals surface area contributed by atoms with E-state index in [1.165, 1.54) is 18.2 Å². The monoisotopic (exact) mass is 606 g/mol. The summed E-state index contributed by atoms with van der Waals surface area (Å²) in [6, 6.07) is 25.2. The van der Waals surface area contributed by atoms with Crippen molar-refractivity contribution < 1.29 is 24.2 Å². The van der Waals surface area contributed by atoms with Crippen LogP contribution >= 0.6 is 11.6 Å². The van der Waals surface area contributed by atoms with Gasteiger partial charge in [-0.25, -0.2) is 5.43 Å². The molecule has 9 nitrogen and oxygen atoms in total. The van der Waals surface area contributed by atoms with Gasteiger partial charge in [0.25, 0.3) is 5.91 Å². The van der Waals surface area contributed by atoms with Gasteiger partial charge in [-0.1, -0.05) is 54.1 Å². The first-order chi connectivity index (χ1) is 21.4. The number of carbonyl (C=O) groups is 2. The van der Waals surface area contributed by atoms with E-state index in [4.69, 9.17) is 21.1 Å². The maximum absolute atomic E-state index is 13.9. The van der Waals surface area contributed by atoms with Gasteiger partial charge in [0.15, 0.2) is 11.5 Å². The molecule has 10 heteroatoms. The van der Waals surface area contributed by atoms with Crippen LogP contribution in [0.25, 0.3) is 10.8 Å². The second-order valence-electron chi connectivity index (χ2n) is 10.2. The Morgan fingerprint density at radius 3 is 2.50 bits per heavy atom. The number of carbonyl (C=O) groups excluding carboxylic acids is 2. The average molecular weight is 607 g/mol. The molecule has 0 radical (unpaired) electrons. The van der Waals surface area contributed by atoms with Crippen molar-refractivity contribution in [2.45, 2.75) is 19.5 Å². The molecule has 1 aromatic heterocycles. The van der Waals surface area contributed by atoms with Crippen molar-refractivity contribution in [1.82, 2.24) is 15.3 Å². The number of benzene rings is 4. The number of aromatic nitrogens is 1. The molecule has 0 saturated heterocycles. The van der Waals surface area contributed by atoms with E-state index in [1.807, 2.05) is 71.6 Å². The molecular weight excluding hydrogens is 580 g/mol. The fourth-order valence-corrected chi connectivity index (χ4v) is 5.18. The van der Waals surface area contributed by atoms with Gasteiger partial charge in [-0.2, -0.15) is 5.10 Å². The number of rotatable bonds is 9. The first-order valence-electron chi connectivity index (χ1n) is 13.8. The molecular formula is C34H27ClN4O5. The molecule has 2 heterocycles. The minimum absolute atomic E-state index is 0.0362. The number of phenols is 1. The normalized spacial score (nSPS) is 12.0. The zero-order valence-electron chi connectivity index (χ0n) is 23.4. The Kier molecular flexibility index (Phi) is 8.38. The number of pyridine rings is 1. The quantitative estimate of drug-likeness (QED) is 0.161. The number of hydrogen-bond acceptors (Lipinski definition) is 7. The molecule has 0 fully saturated rings. The standard InChI is InChI=1S/C34H27ClN4O5/c35-29-16-25(8-9-30(29)40)34(42)38-37-18-26-7-6-24(27-3-1-2-4-28(26)27)17-33(41)39(19-22-11-13-36-14-12-22)20-23-5-10-31-32(15-23)44-21-43-31/h1-16,18,40H,17,19-21H2,(H,38,42). The number of nitrogens with zero attached hydrogens (tertiary/aromatic N) is 3. The van der Waals surface area contributed by atoms with Crippen LogP contribution in [0.4, 0.5) is 0 Å². The van der Waals surface area contributed by atoms with Gasteiger partial charge in [0.05, 0.1) is 17.7 Å². The number of nitrogens with one attached hydrogen (secondary N) is 1. The third kappa shape index (κ3) is 6.48. The van der Waals surface area contributed by atoms with Gasteiger partial charge >= 0.3 is 0 Å². The van der Waals surface area contributed by atoms with E-state index in [1.54, 1.807) is 18.6 Å². The predicted molar refractivity (Wildman–Crippen MR) is 167 cm³/mol. The third-order valence-electron chi connectivity index (χ3n) is 7.26. The number of amides is 2. The van der Waals surface area contributed by atoms with Gasteiger partial charge in [0.1, 0.15) is 5.75 Å². The Balaban J connectivity index is 1.22. The van der Waals surface area contributed by atoms with Crippen molar-refractivity contribution in [3.63, 3.8) is 0 Å². The van der Waals surface area contributed by atoms with Gasteiger partial charge in [0, 0.05) is 36.6 Å². The van der Waals surface area contributed by atoms with Gasteiger partial charge in [-0.3, -0.25) is 14.6 Å². The lowest BCUT2D eigenvalue weighted by atomic mass is 9.97. The van der Waals surface area contributed by atoms with E-state index >= 15 is 0 Å². The molecule has 0 spiro atoms. The van der Waals surface area contributed by atoms with E-state index < -0.39 is 5.91 Å². The highest BCUT2D eigenvalue weighted by atomic mass is 35.5. The second-order valence-corrected chi connectivity index (χ2v) is 10.6. The Labute approximate surface area is 258 Å². The molecule has 0 aliphatic carbocycles. The summed E-state index contributed by atoms with van der Waals surface area (Å²) in [5.41, 5.74) is 6.31. The largest absolute Gasteiger partial charge is 0.506 e. The van der Waals surface area contributed by atoms with Crippen LogP contribution in [-0.4, -0.2) is 39.8 Å². The van der Waals surface area contributed by atoms with Crippen molar-refractivity contribution in [2.24, 2.45) is 5.10 Å². The van der Waals surface area contributed by atoms with E-state index in [9.17, 15) is 14.7 Å². The molecule has 1 aliphatic rings. The number of ether oxygens (including phenoxy) is 2. The molecule has 44 heavy (non-hydrogen) atoms. The zero-order chi connectivity index (χ0) is 30.5. The van der Waals surface area contributed by atoms with Crippen molar-refractivity contribution in [1.29, 1.82) is 0 Å². The summed E-state index contributed by atoms with van der Waals surface area (Å²) in [7, 11) is 0. The fourth-order valence-electron chi connectivity index (χ4n) is 5.00. The van der Waals surface area contributed by atoms with Crippen LogP contribution in [0.1, 0.15) is 32.6 Å². The minimum Gasteiger partial charge on any atom is -0.506 e. The van der Waals surface area contributed by atoms with E-state index in [-0.39, 0.29) is 35.5 Å². The second kappa shape index (κ2) is 12.8. The molecule has 6 rings (SSSR count). The minimum atomic E-state index is -0.466. The van der Waals surface area contributed by atoms with Crippen molar-refractivity contribution in [3.8, 4) is 17.2 Å². The maximum Gasteiger partial charge on any atom is 0.271 e. The topological polar surface area (TPSA) is 113 Å². The number of hydrazone groups is 1. The molecule has 1 aliphatic heterocycles. The van der Waals surface area contributed by atoms with Crippen LogP contribution in [0.15, 0.2) is 102 Å². The summed E-state index contributed by atoms with van der Waals surface area (Å²) < 4.78 is 11.0. The lowest BCUT2D eigenvalue weighted by Crippen LogP contribution is -2.31. The third-order valence-corrected chi connectivity index (χ3v) is 7.56. The molecule has 2 N–H and O–H groups in total. The smallest absolute Gasteiger partial charge is 0.271 e. The number of aromatic hydroxyl groups is 1. The number of halogens is 1. The van der Waals surface area contributed by atoms with Crippen LogP contribution in [0.5, 0.6) is 17.2 Å². The van der Waals surface area contributed by atoms with Gasteiger partial charge < -0.3 is 19.5 Å². The fraction of sp³-hybridized carbons (Fsp3) is 0.118. The van der Waals surface area contributed by atoms with Crippen LogP contribution < -0.4 is 14.9 Å². The zero-order valence-corrected chi connectivity index (χ0v) is 24.2. The number of phenolic OH excluding ortho intramolecular Hbond substituents is 1. The Morgan fingerprint density at radius 2 is 1.68 bits per heavy atom. The van der Waals surface area contributed by atoms with Gasteiger partial charge in [-0.05, 0) is 69.9 Å². The Hall–Kier alpha value is -5.41. The lowest BCUT2D eigenvalue weighted by molar-refractivity contribution is -0.131. The SMILES string of the molecule is O=C(NN=Cc1ccc(CC(=O)N(Cc2ccncc2)Cc2ccc3c(c2)OCO3)c2ccccc12)c1ccc(O)c(Cl)c1. The van der Waals surface area contributed by atoms with Crippen LogP contribution in [0, 0.1) is 0 Å². The molecule has 2 amide bonds. The van der Waals surface area contributed by atoms with E-state index in [2.05, 4.69) is 15.5 Å². The summed E-state index contributed by atoms with van der Waals surface area (Å²) in [6.07, 6.45) is 5.18. The molecule has 0 saturated carbocycles. The Bertz CT molecular complexity index is 1880. The summed E-state index contributed by atoms with van der Waals surface area (Å²) in [6.45, 7) is 1.00. The van der Waals surface area contributed by atoms with Gasteiger partial charge in [-0.15, -0.1) is 0 Å². The van der Waals surface area contributed by atoms with Crippen LogP contribution in [-0.2, 0) is 24.3 Å². The van der Waals surface area contributed by atoms with Crippen molar-refractivity contribution in [2.75, 3.05) is 6.79 Å². The molecule has 0 bridgehead atoms. The van der Waals surface area contributed by atoms with Crippen LogP contribution in [0.2, 0.25) is 5.02 Å².